The molecule has 2 aliphatic heterocycles. The normalized spacial score (nSPS) is 21.7. The van der Waals surface area contributed by atoms with E-state index in [-0.39, 0.29) is 17.9 Å². The number of ether oxygens (including phenoxy) is 2. The monoisotopic (exact) mass is 399 g/mol. The van der Waals surface area contributed by atoms with Crippen molar-refractivity contribution >= 4 is 17.9 Å². The lowest BCUT2D eigenvalue weighted by atomic mass is 10.1. The van der Waals surface area contributed by atoms with Crippen LogP contribution in [0.4, 0.5) is 0 Å². The van der Waals surface area contributed by atoms with Crippen LogP contribution in [0.25, 0.3) is 6.08 Å². The summed E-state index contributed by atoms with van der Waals surface area (Å²) >= 11 is 0. The summed E-state index contributed by atoms with van der Waals surface area (Å²) in [4.78, 5) is 28.5. The van der Waals surface area contributed by atoms with Crippen LogP contribution in [0.5, 0.6) is 11.5 Å². The Labute approximate surface area is 171 Å². The van der Waals surface area contributed by atoms with E-state index < -0.39 is 0 Å². The van der Waals surface area contributed by atoms with Crippen LogP contribution in [-0.2, 0) is 16.0 Å². The molecule has 29 heavy (non-hydrogen) atoms. The zero-order valence-corrected chi connectivity index (χ0v) is 17.1. The van der Waals surface area contributed by atoms with Crippen molar-refractivity contribution in [3.63, 3.8) is 0 Å². The highest BCUT2D eigenvalue weighted by Gasteiger charge is 2.26. The molecule has 0 bridgehead atoms. The Kier molecular flexibility index (Phi) is 5.76. The molecule has 2 fully saturated rings. The number of nitrogens with one attached hydrogen (secondary N) is 1. The van der Waals surface area contributed by atoms with Crippen molar-refractivity contribution in [3.05, 3.63) is 29.3 Å². The number of nitrogens with zero attached hydrogens (tertiary/aromatic N) is 2. The molecule has 1 aromatic carbocycles. The minimum Gasteiger partial charge on any atom is -0.496 e. The summed E-state index contributed by atoms with van der Waals surface area (Å²) in [5.41, 5.74) is 1.98. The molecule has 1 saturated heterocycles. The van der Waals surface area contributed by atoms with Crippen molar-refractivity contribution < 1.29 is 19.1 Å². The quantitative estimate of drug-likeness (QED) is 0.734. The van der Waals surface area contributed by atoms with Gasteiger partial charge in [-0.1, -0.05) is 0 Å². The van der Waals surface area contributed by atoms with E-state index in [1.54, 1.807) is 19.3 Å². The van der Waals surface area contributed by atoms with Gasteiger partial charge in [-0.2, -0.15) is 0 Å². The van der Waals surface area contributed by atoms with Crippen LogP contribution in [0, 0.1) is 0 Å². The second kappa shape index (κ2) is 8.45. The summed E-state index contributed by atoms with van der Waals surface area (Å²) in [6, 6.07) is 4.33. The van der Waals surface area contributed by atoms with Crippen LogP contribution in [0.3, 0.4) is 0 Å². The van der Waals surface area contributed by atoms with E-state index in [0.29, 0.717) is 38.8 Å². The molecule has 7 heteroatoms. The topological polar surface area (TPSA) is 71.1 Å². The van der Waals surface area contributed by atoms with E-state index in [2.05, 4.69) is 10.2 Å². The van der Waals surface area contributed by atoms with Crippen molar-refractivity contribution in [3.8, 4) is 11.5 Å². The average Bonchev–Trinajstić information content (AvgIpc) is 3.44. The molecule has 1 aliphatic carbocycles. The fraction of sp³-hybridized carbons (Fsp3) is 0.545. The second-order valence-corrected chi connectivity index (χ2v) is 8.11. The highest BCUT2D eigenvalue weighted by atomic mass is 16.5. The molecule has 1 saturated carbocycles. The first-order valence-electron chi connectivity index (χ1n) is 10.4. The lowest BCUT2D eigenvalue weighted by Crippen LogP contribution is -2.51. The SMILES string of the molecule is COc1cc2c(cc1C=CC(=O)N1CCN(CC(=O)NC3CC3)CC1)OC(C)C2. The number of carbonyl (C=O) groups is 2. The summed E-state index contributed by atoms with van der Waals surface area (Å²) in [7, 11) is 1.64. The molecule has 2 amide bonds. The van der Waals surface area contributed by atoms with E-state index in [4.69, 9.17) is 9.47 Å². The molecule has 3 aliphatic rings. The molecule has 0 aromatic heterocycles. The number of hydrogen-bond acceptors (Lipinski definition) is 5. The average molecular weight is 399 g/mol. The molecule has 7 nitrogen and oxygen atoms in total. The van der Waals surface area contributed by atoms with Crippen LogP contribution < -0.4 is 14.8 Å². The summed E-state index contributed by atoms with van der Waals surface area (Å²) < 4.78 is 11.3. The van der Waals surface area contributed by atoms with Crippen molar-refractivity contribution in [2.24, 2.45) is 0 Å². The molecule has 1 N–H and O–H groups in total. The predicted molar refractivity (Wildman–Crippen MR) is 110 cm³/mol. The van der Waals surface area contributed by atoms with E-state index >= 15 is 0 Å². The summed E-state index contributed by atoms with van der Waals surface area (Å²) in [6.45, 7) is 5.14. The third-order valence-corrected chi connectivity index (χ3v) is 5.65. The van der Waals surface area contributed by atoms with Crippen LogP contribution >= 0.6 is 0 Å². The van der Waals surface area contributed by atoms with Crippen LogP contribution in [0.2, 0.25) is 0 Å². The predicted octanol–water partition coefficient (Wildman–Crippen LogP) is 1.45. The molecule has 1 aromatic rings. The van der Waals surface area contributed by atoms with Crippen molar-refractivity contribution in [2.45, 2.75) is 38.3 Å². The van der Waals surface area contributed by atoms with E-state index in [1.165, 1.54) is 0 Å². The van der Waals surface area contributed by atoms with E-state index in [1.807, 2.05) is 24.0 Å². The fourth-order valence-corrected chi connectivity index (χ4v) is 3.86. The van der Waals surface area contributed by atoms with Gasteiger partial charge in [-0.25, -0.2) is 0 Å². The van der Waals surface area contributed by atoms with Gasteiger partial charge in [-0.05, 0) is 38.0 Å². The fourth-order valence-electron chi connectivity index (χ4n) is 3.86. The molecule has 1 unspecified atom stereocenters. The van der Waals surface area contributed by atoms with Crippen molar-refractivity contribution in [1.29, 1.82) is 0 Å². The first kappa shape index (κ1) is 19.8. The molecule has 2 heterocycles. The van der Waals surface area contributed by atoms with Gasteiger partial charge in [0.25, 0.3) is 0 Å². The van der Waals surface area contributed by atoms with Crippen molar-refractivity contribution in [2.75, 3.05) is 39.8 Å². The number of methoxy groups -OCH3 is 1. The van der Waals surface area contributed by atoms with Gasteiger partial charge < -0.3 is 19.7 Å². The lowest BCUT2D eigenvalue weighted by Gasteiger charge is -2.33. The number of amides is 2. The Bertz CT molecular complexity index is 811. The maximum atomic E-state index is 12.6. The molecular weight excluding hydrogens is 370 g/mol. The summed E-state index contributed by atoms with van der Waals surface area (Å²) in [5.74, 6) is 1.68. The maximum absolute atomic E-state index is 12.6. The Morgan fingerprint density at radius 1 is 1.24 bits per heavy atom. The Hall–Kier alpha value is -2.54. The molecular formula is C22H29N3O4. The number of hydrogen-bond donors (Lipinski definition) is 1. The van der Waals surface area contributed by atoms with Crippen LogP contribution in [-0.4, -0.2) is 73.6 Å². The molecule has 0 radical (unpaired) electrons. The summed E-state index contributed by atoms with van der Waals surface area (Å²) in [6.07, 6.45) is 6.62. The Balaban J connectivity index is 1.31. The highest BCUT2D eigenvalue weighted by Crippen LogP contribution is 2.35. The summed E-state index contributed by atoms with van der Waals surface area (Å²) in [5, 5.41) is 3.01. The Morgan fingerprint density at radius 2 is 2.00 bits per heavy atom. The maximum Gasteiger partial charge on any atom is 0.246 e. The molecule has 0 spiro atoms. The first-order valence-corrected chi connectivity index (χ1v) is 10.4. The highest BCUT2D eigenvalue weighted by molar-refractivity contribution is 5.92. The minimum absolute atomic E-state index is 0.0241. The second-order valence-electron chi connectivity index (χ2n) is 8.11. The van der Waals surface area contributed by atoms with Gasteiger partial charge in [-0.3, -0.25) is 14.5 Å². The molecule has 1 atom stereocenters. The van der Waals surface area contributed by atoms with E-state index in [9.17, 15) is 9.59 Å². The number of piperazine rings is 1. The van der Waals surface area contributed by atoms with Gasteiger partial charge in [-0.15, -0.1) is 0 Å². The van der Waals surface area contributed by atoms with Gasteiger partial charge in [0.1, 0.15) is 17.6 Å². The van der Waals surface area contributed by atoms with E-state index in [0.717, 1.165) is 41.9 Å². The van der Waals surface area contributed by atoms with Crippen molar-refractivity contribution in [1.82, 2.24) is 15.1 Å². The van der Waals surface area contributed by atoms with Gasteiger partial charge in [0.2, 0.25) is 11.8 Å². The molecule has 4 rings (SSSR count). The largest absolute Gasteiger partial charge is 0.496 e. The van der Waals surface area contributed by atoms with Gasteiger partial charge in [0.05, 0.1) is 13.7 Å². The van der Waals surface area contributed by atoms with Gasteiger partial charge >= 0.3 is 0 Å². The number of carbonyl (C=O) groups excluding carboxylic acids is 2. The first-order chi connectivity index (χ1) is 14.0. The third-order valence-electron chi connectivity index (χ3n) is 5.65. The third kappa shape index (κ3) is 4.90. The number of rotatable bonds is 6. The van der Waals surface area contributed by atoms with Crippen LogP contribution in [0.1, 0.15) is 30.9 Å². The van der Waals surface area contributed by atoms with Gasteiger partial charge in [0.15, 0.2) is 0 Å². The number of fused-ring (bicyclic) bond motifs is 1. The zero-order valence-electron chi connectivity index (χ0n) is 17.1. The number of benzene rings is 1. The standard InChI is InChI=1S/C22H29N3O4/c1-15-11-17-13-19(28-2)16(12-20(17)29-15)3-6-22(27)25-9-7-24(8-10-25)14-21(26)23-18-4-5-18/h3,6,12-13,15,18H,4-5,7-11,14H2,1-2H3,(H,23,26). The minimum atomic E-state index is -0.0241. The smallest absolute Gasteiger partial charge is 0.246 e. The lowest BCUT2D eigenvalue weighted by molar-refractivity contribution is -0.128. The zero-order chi connectivity index (χ0) is 20.4. The molecule has 156 valence electrons. The van der Waals surface area contributed by atoms with Crippen LogP contribution in [0.15, 0.2) is 18.2 Å². The Morgan fingerprint density at radius 3 is 2.69 bits per heavy atom. The van der Waals surface area contributed by atoms with Gasteiger partial charge in [0, 0.05) is 55.8 Å².